The fourth-order valence-corrected chi connectivity index (χ4v) is 1.58. The molecule has 0 aliphatic carbocycles. The molecule has 0 saturated heterocycles. The third-order valence-electron chi connectivity index (χ3n) is 2.52. The zero-order chi connectivity index (χ0) is 12.1. The Morgan fingerprint density at radius 1 is 1.29 bits per heavy atom. The molecule has 17 heavy (non-hydrogen) atoms. The Balaban J connectivity index is 1.95. The SMILES string of the molecule is Cc1cnnc(NCC(N)c2ccccc2)c1. The largest absolute Gasteiger partial charge is 0.367 e. The maximum Gasteiger partial charge on any atom is 0.148 e. The molecule has 1 heterocycles. The lowest BCUT2D eigenvalue weighted by molar-refractivity contribution is 0.759. The van der Waals surface area contributed by atoms with E-state index in [1.807, 2.05) is 43.3 Å². The number of hydrogen-bond donors (Lipinski definition) is 2. The first-order valence-corrected chi connectivity index (χ1v) is 5.59. The third kappa shape index (κ3) is 3.26. The van der Waals surface area contributed by atoms with Gasteiger partial charge in [-0.25, -0.2) is 0 Å². The highest BCUT2D eigenvalue weighted by Crippen LogP contribution is 2.10. The molecule has 0 amide bonds. The zero-order valence-corrected chi connectivity index (χ0v) is 9.80. The van der Waals surface area contributed by atoms with Crippen molar-refractivity contribution in [2.45, 2.75) is 13.0 Å². The van der Waals surface area contributed by atoms with Crippen LogP contribution in [0.2, 0.25) is 0 Å². The van der Waals surface area contributed by atoms with Gasteiger partial charge in [0.25, 0.3) is 0 Å². The molecule has 0 fully saturated rings. The first kappa shape index (κ1) is 11.5. The monoisotopic (exact) mass is 228 g/mol. The van der Waals surface area contributed by atoms with Crippen LogP contribution in [-0.4, -0.2) is 16.7 Å². The van der Waals surface area contributed by atoms with Gasteiger partial charge in [0.15, 0.2) is 0 Å². The second-order valence-corrected chi connectivity index (χ2v) is 4.02. The lowest BCUT2D eigenvalue weighted by Gasteiger charge is -2.13. The third-order valence-corrected chi connectivity index (χ3v) is 2.52. The molecule has 1 aromatic heterocycles. The van der Waals surface area contributed by atoms with Crippen molar-refractivity contribution in [2.75, 3.05) is 11.9 Å². The van der Waals surface area contributed by atoms with E-state index in [1.165, 1.54) is 0 Å². The van der Waals surface area contributed by atoms with E-state index in [0.29, 0.717) is 6.54 Å². The van der Waals surface area contributed by atoms with Gasteiger partial charge in [-0.15, -0.1) is 5.10 Å². The summed E-state index contributed by atoms with van der Waals surface area (Å²) in [6.07, 6.45) is 1.72. The Morgan fingerprint density at radius 3 is 2.76 bits per heavy atom. The fraction of sp³-hybridized carbons (Fsp3) is 0.231. The van der Waals surface area contributed by atoms with E-state index >= 15 is 0 Å². The van der Waals surface area contributed by atoms with Crippen LogP contribution in [0.15, 0.2) is 42.6 Å². The zero-order valence-electron chi connectivity index (χ0n) is 9.80. The van der Waals surface area contributed by atoms with Crippen molar-refractivity contribution >= 4 is 5.82 Å². The molecular formula is C13H16N4. The Morgan fingerprint density at radius 2 is 2.06 bits per heavy atom. The Bertz CT molecular complexity index is 470. The lowest BCUT2D eigenvalue weighted by Crippen LogP contribution is -2.21. The molecule has 1 aromatic carbocycles. The molecule has 0 saturated carbocycles. The molecule has 4 nitrogen and oxygen atoms in total. The molecule has 1 unspecified atom stereocenters. The molecule has 2 rings (SSSR count). The van der Waals surface area contributed by atoms with Gasteiger partial charge in [-0.2, -0.15) is 5.10 Å². The summed E-state index contributed by atoms with van der Waals surface area (Å²) in [5, 5.41) is 11.1. The van der Waals surface area contributed by atoms with E-state index in [2.05, 4.69) is 15.5 Å². The Kier molecular flexibility index (Phi) is 3.67. The van der Waals surface area contributed by atoms with Gasteiger partial charge in [0, 0.05) is 12.6 Å². The van der Waals surface area contributed by atoms with Crippen LogP contribution >= 0.6 is 0 Å². The van der Waals surface area contributed by atoms with Crippen LogP contribution in [0, 0.1) is 6.92 Å². The summed E-state index contributed by atoms with van der Waals surface area (Å²) in [7, 11) is 0. The highest BCUT2D eigenvalue weighted by atomic mass is 15.2. The molecule has 0 aliphatic rings. The van der Waals surface area contributed by atoms with Crippen LogP contribution in [-0.2, 0) is 0 Å². The predicted octanol–water partition coefficient (Wildman–Crippen LogP) is 1.90. The maximum atomic E-state index is 6.07. The van der Waals surface area contributed by atoms with Gasteiger partial charge < -0.3 is 11.1 Å². The summed E-state index contributed by atoms with van der Waals surface area (Å²) >= 11 is 0. The second kappa shape index (κ2) is 5.41. The highest BCUT2D eigenvalue weighted by Gasteiger charge is 2.05. The van der Waals surface area contributed by atoms with Crippen molar-refractivity contribution in [3.8, 4) is 0 Å². The first-order chi connectivity index (χ1) is 8.25. The molecule has 0 radical (unpaired) electrons. The second-order valence-electron chi connectivity index (χ2n) is 4.02. The minimum absolute atomic E-state index is 0.0430. The maximum absolute atomic E-state index is 6.07. The molecule has 2 aromatic rings. The Labute approximate surface area is 101 Å². The van der Waals surface area contributed by atoms with E-state index in [-0.39, 0.29) is 6.04 Å². The average Bonchev–Trinajstić information content (AvgIpc) is 2.37. The molecule has 0 aliphatic heterocycles. The number of anilines is 1. The summed E-state index contributed by atoms with van der Waals surface area (Å²) in [6.45, 7) is 2.62. The minimum atomic E-state index is -0.0430. The van der Waals surface area contributed by atoms with Crippen molar-refractivity contribution in [2.24, 2.45) is 5.73 Å². The van der Waals surface area contributed by atoms with E-state index in [1.54, 1.807) is 6.20 Å². The molecule has 3 N–H and O–H groups in total. The standard InChI is InChI=1S/C13H16N4/c1-10-7-13(17-16-8-10)15-9-12(14)11-5-3-2-4-6-11/h2-8,12H,9,14H2,1H3,(H,15,17). The van der Waals surface area contributed by atoms with Crippen LogP contribution in [0.3, 0.4) is 0 Å². The smallest absolute Gasteiger partial charge is 0.148 e. The van der Waals surface area contributed by atoms with Crippen molar-refractivity contribution in [1.82, 2.24) is 10.2 Å². The van der Waals surface area contributed by atoms with E-state index in [4.69, 9.17) is 5.73 Å². The number of aryl methyl sites for hydroxylation is 1. The summed E-state index contributed by atoms with van der Waals surface area (Å²) in [6, 6.07) is 11.9. The number of nitrogens with two attached hydrogens (primary N) is 1. The van der Waals surface area contributed by atoms with Crippen LogP contribution < -0.4 is 11.1 Å². The van der Waals surface area contributed by atoms with Gasteiger partial charge in [-0.3, -0.25) is 0 Å². The minimum Gasteiger partial charge on any atom is -0.367 e. The molecule has 0 spiro atoms. The van der Waals surface area contributed by atoms with Gasteiger partial charge in [0.1, 0.15) is 5.82 Å². The number of nitrogens with zero attached hydrogens (tertiary/aromatic N) is 2. The fourth-order valence-electron chi connectivity index (χ4n) is 1.58. The van der Waals surface area contributed by atoms with Crippen molar-refractivity contribution in [3.05, 3.63) is 53.7 Å². The normalized spacial score (nSPS) is 12.1. The summed E-state index contributed by atoms with van der Waals surface area (Å²) < 4.78 is 0. The van der Waals surface area contributed by atoms with Gasteiger partial charge >= 0.3 is 0 Å². The number of aromatic nitrogens is 2. The number of benzene rings is 1. The Hall–Kier alpha value is -1.94. The van der Waals surface area contributed by atoms with E-state index < -0.39 is 0 Å². The van der Waals surface area contributed by atoms with Gasteiger partial charge in [0.2, 0.25) is 0 Å². The van der Waals surface area contributed by atoms with E-state index in [9.17, 15) is 0 Å². The first-order valence-electron chi connectivity index (χ1n) is 5.59. The molecule has 4 heteroatoms. The molecular weight excluding hydrogens is 212 g/mol. The molecule has 1 atom stereocenters. The van der Waals surface area contributed by atoms with E-state index in [0.717, 1.165) is 16.9 Å². The average molecular weight is 228 g/mol. The number of rotatable bonds is 4. The van der Waals surface area contributed by atoms with Crippen LogP contribution in [0.25, 0.3) is 0 Å². The van der Waals surface area contributed by atoms with Gasteiger partial charge in [0.05, 0.1) is 6.20 Å². The van der Waals surface area contributed by atoms with Crippen molar-refractivity contribution in [3.63, 3.8) is 0 Å². The summed E-state index contributed by atoms with van der Waals surface area (Å²) in [5.74, 6) is 0.761. The molecule has 88 valence electrons. The quantitative estimate of drug-likeness (QED) is 0.839. The van der Waals surface area contributed by atoms with Gasteiger partial charge in [-0.1, -0.05) is 30.3 Å². The lowest BCUT2D eigenvalue weighted by atomic mass is 10.1. The molecule has 0 bridgehead atoms. The van der Waals surface area contributed by atoms with Crippen molar-refractivity contribution < 1.29 is 0 Å². The summed E-state index contributed by atoms with van der Waals surface area (Å²) in [5.41, 5.74) is 8.26. The number of nitrogens with one attached hydrogen (secondary N) is 1. The van der Waals surface area contributed by atoms with Crippen LogP contribution in [0.4, 0.5) is 5.82 Å². The summed E-state index contributed by atoms with van der Waals surface area (Å²) in [4.78, 5) is 0. The highest BCUT2D eigenvalue weighted by molar-refractivity contribution is 5.35. The van der Waals surface area contributed by atoms with Crippen LogP contribution in [0.1, 0.15) is 17.2 Å². The topological polar surface area (TPSA) is 63.8 Å². The van der Waals surface area contributed by atoms with Gasteiger partial charge in [-0.05, 0) is 24.1 Å². The number of hydrogen-bond acceptors (Lipinski definition) is 4. The van der Waals surface area contributed by atoms with Crippen molar-refractivity contribution in [1.29, 1.82) is 0 Å². The van der Waals surface area contributed by atoms with Crippen LogP contribution in [0.5, 0.6) is 0 Å². The predicted molar refractivity (Wildman–Crippen MR) is 68.6 cm³/mol.